The van der Waals surface area contributed by atoms with Crippen molar-refractivity contribution in [2.75, 3.05) is 32.8 Å². The number of hydrogen-bond acceptors (Lipinski definition) is 6. The lowest BCUT2D eigenvalue weighted by molar-refractivity contribution is -0.390. The average Bonchev–Trinajstić information content (AvgIpc) is 2.89. The Kier molecular flexibility index (Phi) is 4.96. The number of nitro groups is 1. The first kappa shape index (κ1) is 16.2. The number of nitrogens with one attached hydrogen (secondary N) is 1. The Hall–Kier alpha value is -2.17. The molecule has 1 aliphatic heterocycles. The van der Waals surface area contributed by atoms with E-state index in [0.717, 1.165) is 0 Å². The molecule has 0 atom stereocenters. The van der Waals surface area contributed by atoms with Gasteiger partial charge in [0, 0.05) is 26.2 Å². The van der Waals surface area contributed by atoms with Crippen LogP contribution in [0.1, 0.15) is 17.4 Å². The van der Waals surface area contributed by atoms with Crippen molar-refractivity contribution >= 4 is 33.7 Å². The van der Waals surface area contributed by atoms with E-state index in [4.69, 9.17) is 4.74 Å². The van der Waals surface area contributed by atoms with Crippen molar-refractivity contribution < 1.29 is 19.2 Å². The van der Waals surface area contributed by atoms with E-state index in [1.807, 2.05) is 0 Å². The molecule has 0 aliphatic carbocycles. The summed E-state index contributed by atoms with van der Waals surface area (Å²) in [4.78, 5) is 37.0. The number of aromatic amines is 1. The van der Waals surface area contributed by atoms with Gasteiger partial charge in [-0.2, -0.15) is 0 Å². The highest BCUT2D eigenvalue weighted by Gasteiger charge is 2.31. The number of halogens is 1. The van der Waals surface area contributed by atoms with Gasteiger partial charge in [0.15, 0.2) is 5.69 Å². The quantitative estimate of drug-likeness (QED) is 0.620. The van der Waals surface area contributed by atoms with Crippen LogP contribution in [0.2, 0.25) is 0 Å². The van der Waals surface area contributed by atoms with Crippen LogP contribution in [-0.4, -0.2) is 69.7 Å². The van der Waals surface area contributed by atoms with Gasteiger partial charge in [-0.1, -0.05) is 5.10 Å². The average molecular weight is 376 g/mol. The summed E-state index contributed by atoms with van der Waals surface area (Å²) in [5.41, 5.74) is -0.0451. The molecule has 1 aromatic heterocycles. The maximum atomic E-state index is 12.3. The van der Waals surface area contributed by atoms with Gasteiger partial charge >= 0.3 is 11.9 Å². The maximum absolute atomic E-state index is 12.3. The number of amides is 2. The molecule has 1 fully saturated rings. The van der Waals surface area contributed by atoms with Crippen LogP contribution >= 0.6 is 15.9 Å². The van der Waals surface area contributed by atoms with Gasteiger partial charge in [-0.05, 0) is 27.8 Å². The van der Waals surface area contributed by atoms with Crippen molar-refractivity contribution in [3.63, 3.8) is 0 Å². The first-order chi connectivity index (χ1) is 10.5. The smallest absolute Gasteiger partial charge is 0.409 e. The summed E-state index contributed by atoms with van der Waals surface area (Å²) < 4.78 is 4.92. The number of ether oxygens (including phenoxy) is 1. The van der Waals surface area contributed by atoms with Crippen LogP contribution in [0.4, 0.5) is 10.6 Å². The Morgan fingerprint density at radius 2 is 1.95 bits per heavy atom. The van der Waals surface area contributed by atoms with Crippen LogP contribution in [-0.2, 0) is 4.74 Å². The standard InChI is InChI=1S/C11H14BrN5O5/c1-2-22-11(19)16-5-3-15(4-6-16)10(18)8-7(12)9(14-13-8)17(20)21/h2-6H2,1H3,(H,13,14). The monoisotopic (exact) mass is 375 g/mol. The molecule has 0 saturated carbocycles. The molecule has 0 aromatic carbocycles. The minimum absolute atomic E-state index is 0.0234. The van der Waals surface area contributed by atoms with Crippen LogP contribution in [0, 0.1) is 10.1 Å². The van der Waals surface area contributed by atoms with Gasteiger partial charge in [0.05, 0.1) is 6.61 Å². The van der Waals surface area contributed by atoms with Gasteiger partial charge in [0.1, 0.15) is 4.47 Å². The fourth-order valence-electron chi connectivity index (χ4n) is 2.04. The molecule has 22 heavy (non-hydrogen) atoms. The van der Waals surface area contributed by atoms with E-state index in [1.54, 1.807) is 6.92 Å². The Bertz CT molecular complexity index is 596. The molecule has 0 spiro atoms. The normalized spacial score (nSPS) is 14.8. The van der Waals surface area contributed by atoms with Crippen molar-refractivity contribution in [1.82, 2.24) is 20.0 Å². The topological polar surface area (TPSA) is 122 Å². The molecule has 120 valence electrons. The van der Waals surface area contributed by atoms with Crippen molar-refractivity contribution in [2.24, 2.45) is 0 Å². The second-order valence-electron chi connectivity index (χ2n) is 4.47. The third-order valence-electron chi connectivity index (χ3n) is 3.17. The maximum Gasteiger partial charge on any atom is 0.409 e. The molecule has 2 rings (SSSR count). The molecule has 2 heterocycles. The number of carbonyl (C=O) groups is 2. The van der Waals surface area contributed by atoms with Crippen molar-refractivity contribution in [3.8, 4) is 0 Å². The molecule has 0 bridgehead atoms. The molecule has 0 unspecified atom stereocenters. The van der Waals surface area contributed by atoms with E-state index in [1.165, 1.54) is 9.80 Å². The zero-order valence-corrected chi connectivity index (χ0v) is 13.3. The van der Waals surface area contributed by atoms with Gasteiger partial charge in [-0.25, -0.2) is 4.79 Å². The lowest BCUT2D eigenvalue weighted by Gasteiger charge is -2.33. The van der Waals surface area contributed by atoms with Crippen molar-refractivity contribution in [1.29, 1.82) is 0 Å². The molecule has 1 aliphatic rings. The van der Waals surface area contributed by atoms with E-state index >= 15 is 0 Å². The first-order valence-corrected chi connectivity index (χ1v) is 7.34. The highest BCUT2D eigenvalue weighted by molar-refractivity contribution is 9.10. The van der Waals surface area contributed by atoms with Gasteiger partial charge in [0.2, 0.25) is 0 Å². The summed E-state index contributed by atoms with van der Waals surface area (Å²) in [6.07, 6.45) is -0.411. The minimum atomic E-state index is -0.660. The van der Waals surface area contributed by atoms with Crippen LogP contribution in [0.25, 0.3) is 0 Å². The summed E-state index contributed by atoms with van der Waals surface area (Å²) in [6.45, 7) is 3.32. The van der Waals surface area contributed by atoms with Gasteiger partial charge in [-0.3, -0.25) is 4.79 Å². The molecule has 2 amide bonds. The van der Waals surface area contributed by atoms with E-state index in [9.17, 15) is 19.7 Å². The van der Waals surface area contributed by atoms with Crippen LogP contribution in [0.5, 0.6) is 0 Å². The zero-order chi connectivity index (χ0) is 16.3. The van der Waals surface area contributed by atoms with E-state index in [2.05, 4.69) is 26.1 Å². The van der Waals surface area contributed by atoms with Crippen LogP contribution < -0.4 is 0 Å². The zero-order valence-electron chi connectivity index (χ0n) is 11.7. The minimum Gasteiger partial charge on any atom is -0.450 e. The summed E-state index contributed by atoms with van der Waals surface area (Å²) in [7, 11) is 0. The fraction of sp³-hybridized carbons (Fsp3) is 0.545. The molecule has 0 radical (unpaired) electrons. The third kappa shape index (κ3) is 3.18. The second kappa shape index (κ2) is 6.73. The Morgan fingerprint density at radius 1 is 1.36 bits per heavy atom. The molecule has 1 aromatic rings. The molecular formula is C11H14BrN5O5. The summed E-state index contributed by atoms with van der Waals surface area (Å²) in [5, 5.41) is 16.6. The number of aromatic nitrogens is 2. The largest absolute Gasteiger partial charge is 0.450 e. The molecular weight excluding hydrogens is 362 g/mol. The highest BCUT2D eigenvalue weighted by atomic mass is 79.9. The van der Waals surface area contributed by atoms with E-state index < -0.39 is 16.9 Å². The number of piperazine rings is 1. The van der Waals surface area contributed by atoms with Crippen LogP contribution in [0.3, 0.4) is 0 Å². The lowest BCUT2D eigenvalue weighted by atomic mass is 10.3. The van der Waals surface area contributed by atoms with Gasteiger partial charge < -0.3 is 24.7 Å². The van der Waals surface area contributed by atoms with Crippen LogP contribution in [0.15, 0.2) is 4.47 Å². The van der Waals surface area contributed by atoms with Crippen molar-refractivity contribution in [2.45, 2.75) is 6.92 Å². The molecule has 10 nitrogen and oxygen atoms in total. The molecule has 11 heteroatoms. The summed E-state index contributed by atoms with van der Waals surface area (Å²) in [5.74, 6) is -0.798. The number of nitrogens with zero attached hydrogens (tertiary/aromatic N) is 4. The van der Waals surface area contributed by atoms with Crippen molar-refractivity contribution in [3.05, 3.63) is 20.3 Å². The van der Waals surface area contributed by atoms with E-state index in [0.29, 0.717) is 32.8 Å². The first-order valence-electron chi connectivity index (χ1n) is 6.55. The van der Waals surface area contributed by atoms with Gasteiger partial charge in [0.25, 0.3) is 5.91 Å². The highest BCUT2D eigenvalue weighted by Crippen LogP contribution is 2.26. The number of carbonyl (C=O) groups excluding carboxylic acids is 2. The van der Waals surface area contributed by atoms with Gasteiger partial charge in [-0.15, -0.1) is 5.10 Å². The number of hydrogen-bond donors (Lipinski definition) is 1. The Labute approximate surface area is 133 Å². The third-order valence-corrected chi connectivity index (χ3v) is 3.92. The second-order valence-corrected chi connectivity index (χ2v) is 5.26. The fourth-order valence-corrected chi connectivity index (χ4v) is 2.53. The lowest BCUT2D eigenvalue weighted by Crippen LogP contribution is -2.50. The summed E-state index contributed by atoms with van der Waals surface area (Å²) >= 11 is 3.01. The Morgan fingerprint density at radius 3 is 2.45 bits per heavy atom. The summed E-state index contributed by atoms with van der Waals surface area (Å²) in [6, 6.07) is 0. The Balaban J connectivity index is 2.01. The number of rotatable bonds is 3. The predicted octanol–water partition coefficient (Wildman–Crippen LogP) is 0.995. The number of H-pyrrole nitrogens is 1. The SMILES string of the molecule is CCOC(=O)N1CCN(C(=O)c2n[nH]c([N+](=O)[O-])c2Br)CC1. The van der Waals surface area contributed by atoms with E-state index in [-0.39, 0.29) is 16.0 Å². The molecule has 1 saturated heterocycles. The molecule has 1 N–H and O–H groups in total. The predicted molar refractivity (Wildman–Crippen MR) is 77.4 cm³/mol.